The van der Waals surface area contributed by atoms with Crippen molar-refractivity contribution in [2.75, 3.05) is 13.6 Å². The van der Waals surface area contributed by atoms with Crippen molar-refractivity contribution in [2.45, 2.75) is 12.8 Å². The molecule has 0 saturated heterocycles. The van der Waals surface area contributed by atoms with E-state index in [4.69, 9.17) is 0 Å². The largest absolute Gasteiger partial charge is 0.319 e. The van der Waals surface area contributed by atoms with Crippen LogP contribution in [-0.2, 0) is 19.9 Å². The molecular weight excluding hydrogens is 304 g/mol. The summed E-state index contributed by atoms with van der Waals surface area (Å²) in [4.78, 5) is 4.31. The average Bonchev–Trinajstić information content (AvgIpc) is 2.75. The summed E-state index contributed by atoms with van der Waals surface area (Å²) in [6.07, 6.45) is 3.59. The molecule has 1 atom stereocenters. The van der Waals surface area contributed by atoms with E-state index in [9.17, 15) is 0 Å². The maximum Gasteiger partial charge on any atom is 0.138 e. The Balaban J connectivity index is 2.06. The van der Waals surface area contributed by atoms with Crippen LogP contribution in [0.2, 0.25) is 0 Å². The van der Waals surface area contributed by atoms with Crippen LogP contribution >= 0.6 is 15.9 Å². The highest BCUT2D eigenvalue weighted by molar-refractivity contribution is 9.10. The van der Waals surface area contributed by atoms with E-state index < -0.39 is 0 Å². The first-order valence-electron chi connectivity index (χ1n) is 6.41. The summed E-state index contributed by atoms with van der Waals surface area (Å²) in [6.45, 7) is 0.972. The monoisotopic (exact) mass is 322 g/mol. The fourth-order valence-electron chi connectivity index (χ4n) is 2.27. The number of aromatic nitrogens is 3. The molecule has 0 aliphatic carbocycles. The Labute approximate surface area is 122 Å². The molecule has 0 bridgehead atoms. The zero-order valence-electron chi connectivity index (χ0n) is 11.3. The second-order valence-electron chi connectivity index (χ2n) is 4.76. The Kier molecular flexibility index (Phi) is 5.10. The average molecular weight is 323 g/mol. The number of rotatable bonds is 6. The van der Waals surface area contributed by atoms with Crippen LogP contribution < -0.4 is 5.32 Å². The van der Waals surface area contributed by atoms with E-state index in [1.54, 1.807) is 6.33 Å². The van der Waals surface area contributed by atoms with E-state index in [2.05, 4.69) is 55.6 Å². The Morgan fingerprint density at radius 2 is 2.21 bits per heavy atom. The summed E-state index contributed by atoms with van der Waals surface area (Å²) in [7, 11) is 3.93. The van der Waals surface area contributed by atoms with Gasteiger partial charge in [-0.25, -0.2) is 4.98 Å². The molecular formula is C14H19BrN4. The van der Waals surface area contributed by atoms with Crippen molar-refractivity contribution in [3.63, 3.8) is 0 Å². The number of aryl methyl sites for hydroxylation is 1. The zero-order valence-corrected chi connectivity index (χ0v) is 12.9. The van der Waals surface area contributed by atoms with E-state index in [1.807, 2.05) is 18.8 Å². The normalized spacial score (nSPS) is 12.6. The lowest BCUT2D eigenvalue weighted by molar-refractivity contribution is 0.471. The van der Waals surface area contributed by atoms with Gasteiger partial charge in [0.25, 0.3) is 0 Å². The molecule has 0 amide bonds. The van der Waals surface area contributed by atoms with Gasteiger partial charge < -0.3 is 5.32 Å². The van der Waals surface area contributed by atoms with Crippen LogP contribution in [0.15, 0.2) is 35.1 Å². The molecule has 0 saturated carbocycles. The Morgan fingerprint density at radius 3 is 2.84 bits per heavy atom. The lowest BCUT2D eigenvalue weighted by Crippen LogP contribution is -2.24. The third-order valence-corrected chi connectivity index (χ3v) is 3.68. The van der Waals surface area contributed by atoms with Crippen LogP contribution in [0.5, 0.6) is 0 Å². The van der Waals surface area contributed by atoms with Crippen LogP contribution in [0.4, 0.5) is 0 Å². The van der Waals surface area contributed by atoms with Crippen molar-refractivity contribution >= 4 is 15.9 Å². The minimum Gasteiger partial charge on any atom is -0.319 e. The van der Waals surface area contributed by atoms with Crippen LogP contribution in [0, 0.1) is 5.92 Å². The van der Waals surface area contributed by atoms with Gasteiger partial charge in [-0.05, 0) is 43.6 Å². The SMILES string of the molecule is CNCC(Cc1cccc(Br)c1)Cc1ncnn1C. The van der Waals surface area contributed by atoms with E-state index >= 15 is 0 Å². The van der Waals surface area contributed by atoms with Gasteiger partial charge in [0.15, 0.2) is 0 Å². The van der Waals surface area contributed by atoms with E-state index in [-0.39, 0.29) is 0 Å². The van der Waals surface area contributed by atoms with E-state index in [0.717, 1.165) is 29.7 Å². The maximum atomic E-state index is 4.31. The smallest absolute Gasteiger partial charge is 0.138 e. The highest BCUT2D eigenvalue weighted by Gasteiger charge is 2.13. The van der Waals surface area contributed by atoms with Gasteiger partial charge in [-0.15, -0.1) is 0 Å². The molecule has 0 fully saturated rings. The third kappa shape index (κ3) is 4.14. The molecule has 1 unspecified atom stereocenters. The molecule has 4 nitrogen and oxygen atoms in total. The molecule has 1 heterocycles. The van der Waals surface area contributed by atoms with Gasteiger partial charge in [0, 0.05) is 17.9 Å². The topological polar surface area (TPSA) is 42.7 Å². The van der Waals surface area contributed by atoms with Crippen molar-refractivity contribution in [1.82, 2.24) is 20.1 Å². The van der Waals surface area contributed by atoms with Crippen LogP contribution in [0.25, 0.3) is 0 Å². The third-order valence-electron chi connectivity index (χ3n) is 3.18. The molecule has 19 heavy (non-hydrogen) atoms. The second-order valence-corrected chi connectivity index (χ2v) is 5.68. The predicted molar refractivity (Wildman–Crippen MR) is 80.0 cm³/mol. The summed E-state index contributed by atoms with van der Waals surface area (Å²) in [5, 5.41) is 7.39. The molecule has 0 spiro atoms. The first kappa shape index (κ1) is 14.2. The molecule has 0 aliphatic heterocycles. The summed E-state index contributed by atoms with van der Waals surface area (Å²) in [6, 6.07) is 8.49. The number of benzene rings is 1. The Hall–Kier alpha value is -1.20. The Bertz CT molecular complexity index is 524. The quantitative estimate of drug-likeness (QED) is 0.886. The van der Waals surface area contributed by atoms with Crippen molar-refractivity contribution in [2.24, 2.45) is 13.0 Å². The number of hydrogen-bond donors (Lipinski definition) is 1. The van der Waals surface area contributed by atoms with E-state index in [0.29, 0.717) is 5.92 Å². The molecule has 5 heteroatoms. The summed E-state index contributed by atoms with van der Waals surface area (Å²) < 4.78 is 2.98. The zero-order chi connectivity index (χ0) is 13.7. The van der Waals surface area contributed by atoms with Crippen molar-refractivity contribution in [3.8, 4) is 0 Å². The molecule has 1 N–H and O–H groups in total. The number of nitrogens with zero attached hydrogens (tertiary/aromatic N) is 3. The van der Waals surface area contributed by atoms with Gasteiger partial charge in [-0.3, -0.25) is 4.68 Å². The fourth-order valence-corrected chi connectivity index (χ4v) is 2.71. The summed E-state index contributed by atoms with van der Waals surface area (Å²) >= 11 is 3.52. The number of halogens is 1. The number of nitrogens with one attached hydrogen (secondary N) is 1. The second kappa shape index (κ2) is 6.82. The highest BCUT2D eigenvalue weighted by atomic mass is 79.9. The first-order chi connectivity index (χ1) is 9.19. The molecule has 1 aromatic carbocycles. The first-order valence-corrected chi connectivity index (χ1v) is 7.20. The molecule has 2 rings (SSSR count). The number of hydrogen-bond acceptors (Lipinski definition) is 3. The standard InChI is InChI=1S/C14H19BrN4/c1-16-9-12(8-14-17-10-18-19(14)2)6-11-4-3-5-13(15)7-11/h3-5,7,10,12,16H,6,8-9H2,1-2H3. The minimum atomic E-state index is 0.516. The molecule has 0 aliphatic rings. The van der Waals surface area contributed by atoms with Gasteiger partial charge in [0.2, 0.25) is 0 Å². The van der Waals surface area contributed by atoms with Gasteiger partial charge in [0.05, 0.1) is 0 Å². The molecule has 0 radical (unpaired) electrons. The molecule has 2 aromatic rings. The fraction of sp³-hybridized carbons (Fsp3) is 0.429. The highest BCUT2D eigenvalue weighted by Crippen LogP contribution is 2.17. The van der Waals surface area contributed by atoms with Gasteiger partial charge >= 0.3 is 0 Å². The molecule has 102 valence electrons. The van der Waals surface area contributed by atoms with E-state index in [1.165, 1.54) is 5.56 Å². The lowest BCUT2D eigenvalue weighted by Gasteiger charge is -2.16. The lowest BCUT2D eigenvalue weighted by atomic mass is 9.96. The van der Waals surface area contributed by atoms with Crippen molar-refractivity contribution < 1.29 is 0 Å². The van der Waals surface area contributed by atoms with Crippen molar-refractivity contribution in [3.05, 3.63) is 46.5 Å². The van der Waals surface area contributed by atoms with Gasteiger partial charge in [-0.2, -0.15) is 5.10 Å². The van der Waals surface area contributed by atoms with Gasteiger partial charge in [0.1, 0.15) is 12.2 Å². The van der Waals surface area contributed by atoms with Crippen molar-refractivity contribution in [1.29, 1.82) is 0 Å². The maximum absolute atomic E-state index is 4.31. The van der Waals surface area contributed by atoms with Crippen LogP contribution in [0.1, 0.15) is 11.4 Å². The predicted octanol–water partition coefficient (Wildman–Crippen LogP) is 2.20. The van der Waals surface area contributed by atoms with Crippen LogP contribution in [0.3, 0.4) is 0 Å². The molecule has 1 aromatic heterocycles. The minimum absolute atomic E-state index is 0.516. The summed E-state index contributed by atoms with van der Waals surface area (Å²) in [5.41, 5.74) is 1.34. The van der Waals surface area contributed by atoms with Crippen LogP contribution in [-0.4, -0.2) is 28.4 Å². The van der Waals surface area contributed by atoms with Gasteiger partial charge in [-0.1, -0.05) is 28.1 Å². The Morgan fingerprint density at radius 1 is 1.37 bits per heavy atom. The summed E-state index contributed by atoms with van der Waals surface area (Å²) in [5.74, 6) is 1.55.